The highest BCUT2D eigenvalue weighted by Gasteiger charge is 2.11. The van der Waals surface area contributed by atoms with Gasteiger partial charge in [-0.1, -0.05) is 56.2 Å². The van der Waals surface area contributed by atoms with Crippen LogP contribution in [0.25, 0.3) is 28.6 Å². The third-order valence-corrected chi connectivity index (χ3v) is 3.66. The first kappa shape index (κ1) is 14.9. The van der Waals surface area contributed by atoms with Crippen LogP contribution < -0.4 is 0 Å². The zero-order valence-corrected chi connectivity index (χ0v) is 12.8. The normalized spacial score (nSPS) is 12.0. The number of allylic oxidation sites excluding steroid dienone is 5. The highest BCUT2D eigenvalue weighted by molar-refractivity contribution is 5.96. The van der Waals surface area contributed by atoms with E-state index < -0.39 is 0 Å². The van der Waals surface area contributed by atoms with Crippen LogP contribution in [-0.4, -0.2) is 4.57 Å². The molecule has 0 radical (unpaired) electrons. The SMILES string of the molecule is C=CC=C(C=C)c1ccc2c(c1)c(/C=C\C)c(C=C)n2C. The van der Waals surface area contributed by atoms with Crippen molar-refractivity contribution in [3.05, 3.63) is 79.1 Å². The summed E-state index contributed by atoms with van der Waals surface area (Å²) in [4.78, 5) is 0. The van der Waals surface area contributed by atoms with Crippen LogP contribution in [0.4, 0.5) is 0 Å². The minimum atomic E-state index is 1.07. The molecule has 0 spiro atoms. The lowest BCUT2D eigenvalue weighted by molar-refractivity contribution is 0.953. The average molecular weight is 275 g/mol. The molecule has 106 valence electrons. The predicted molar refractivity (Wildman–Crippen MR) is 96.1 cm³/mol. The third kappa shape index (κ3) is 2.55. The van der Waals surface area contributed by atoms with E-state index in [9.17, 15) is 0 Å². The summed E-state index contributed by atoms with van der Waals surface area (Å²) in [6.45, 7) is 13.6. The maximum Gasteiger partial charge on any atom is 0.0489 e. The van der Waals surface area contributed by atoms with Crippen LogP contribution >= 0.6 is 0 Å². The first-order chi connectivity index (χ1) is 10.2. The Hall–Kier alpha value is -2.54. The molecular weight excluding hydrogens is 254 g/mol. The summed E-state index contributed by atoms with van der Waals surface area (Å²) in [6.07, 6.45) is 11.7. The van der Waals surface area contributed by atoms with Gasteiger partial charge in [0.15, 0.2) is 0 Å². The second-order valence-corrected chi connectivity index (χ2v) is 4.86. The molecule has 0 aliphatic rings. The number of fused-ring (bicyclic) bond motifs is 1. The van der Waals surface area contributed by atoms with E-state index in [4.69, 9.17) is 0 Å². The Morgan fingerprint density at radius 1 is 1.19 bits per heavy atom. The third-order valence-electron chi connectivity index (χ3n) is 3.66. The van der Waals surface area contributed by atoms with Gasteiger partial charge in [-0.15, -0.1) is 0 Å². The summed E-state index contributed by atoms with van der Waals surface area (Å²) in [5.41, 5.74) is 5.75. The monoisotopic (exact) mass is 275 g/mol. The van der Waals surface area contributed by atoms with Crippen LogP contribution in [0.5, 0.6) is 0 Å². The van der Waals surface area contributed by atoms with Crippen molar-refractivity contribution in [1.82, 2.24) is 4.57 Å². The highest BCUT2D eigenvalue weighted by atomic mass is 14.9. The molecule has 1 aromatic heterocycles. The largest absolute Gasteiger partial charge is 0.344 e. The maximum atomic E-state index is 3.94. The standard InChI is InChI=1S/C20H21N/c1-6-10-15(8-3)16-12-13-20-18(14-16)17(11-7-2)19(9-4)21(20)5/h6-14H,1,3-4H2,2,5H3/b11-7-,15-10?. The number of aromatic nitrogens is 1. The van der Waals surface area contributed by atoms with Gasteiger partial charge < -0.3 is 4.57 Å². The molecule has 0 fully saturated rings. The fourth-order valence-corrected chi connectivity index (χ4v) is 2.67. The highest BCUT2D eigenvalue weighted by Crippen LogP contribution is 2.30. The van der Waals surface area contributed by atoms with Gasteiger partial charge in [-0.05, 0) is 36.3 Å². The number of aryl methyl sites for hydroxylation is 1. The van der Waals surface area contributed by atoms with E-state index in [-0.39, 0.29) is 0 Å². The second kappa shape index (κ2) is 6.27. The molecule has 21 heavy (non-hydrogen) atoms. The lowest BCUT2D eigenvalue weighted by Crippen LogP contribution is -1.90. The first-order valence-corrected chi connectivity index (χ1v) is 7.01. The molecule has 0 unspecified atom stereocenters. The Labute approximate surface area is 126 Å². The van der Waals surface area contributed by atoms with Crippen LogP contribution in [-0.2, 0) is 7.05 Å². The molecule has 2 rings (SSSR count). The van der Waals surface area contributed by atoms with Crippen molar-refractivity contribution in [1.29, 1.82) is 0 Å². The number of hydrogen-bond acceptors (Lipinski definition) is 0. The van der Waals surface area contributed by atoms with Gasteiger partial charge >= 0.3 is 0 Å². The van der Waals surface area contributed by atoms with Crippen molar-refractivity contribution >= 4 is 28.6 Å². The minimum absolute atomic E-state index is 1.07. The maximum absolute atomic E-state index is 3.94. The Morgan fingerprint density at radius 3 is 2.52 bits per heavy atom. The number of rotatable bonds is 5. The second-order valence-electron chi connectivity index (χ2n) is 4.86. The van der Waals surface area contributed by atoms with Gasteiger partial charge in [0.2, 0.25) is 0 Å². The lowest BCUT2D eigenvalue weighted by atomic mass is 10.0. The molecule has 1 heterocycles. The minimum Gasteiger partial charge on any atom is -0.344 e. The van der Waals surface area contributed by atoms with Gasteiger partial charge in [0.05, 0.1) is 0 Å². The molecule has 2 aromatic rings. The average Bonchev–Trinajstić information content (AvgIpc) is 2.77. The van der Waals surface area contributed by atoms with Crippen LogP contribution in [0.1, 0.15) is 23.7 Å². The summed E-state index contributed by atoms with van der Waals surface area (Å²) in [5.74, 6) is 0. The molecular formula is C20H21N. The van der Waals surface area contributed by atoms with Crippen molar-refractivity contribution < 1.29 is 0 Å². The van der Waals surface area contributed by atoms with E-state index in [0.29, 0.717) is 0 Å². The number of benzene rings is 1. The summed E-state index contributed by atoms with van der Waals surface area (Å²) in [6, 6.07) is 6.46. The van der Waals surface area contributed by atoms with Crippen LogP contribution in [0.3, 0.4) is 0 Å². The molecule has 1 heteroatoms. The van der Waals surface area contributed by atoms with Crippen molar-refractivity contribution in [3.63, 3.8) is 0 Å². The zero-order valence-electron chi connectivity index (χ0n) is 12.8. The molecule has 1 nitrogen and oxygen atoms in total. The Morgan fingerprint density at radius 2 is 1.95 bits per heavy atom. The summed E-state index contributed by atoms with van der Waals surface area (Å²) in [7, 11) is 2.07. The molecule has 0 aliphatic carbocycles. The molecule has 0 bridgehead atoms. The lowest BCUT2D eigenvalue weighted by Gasteiger charge is -2.03. The van der Waals surface area contributed by atoms with Crippen molar-refractivity contribution in [3.8, 4) is 0 Å². The van der Waals surface area contributed by atoms with Crippen molar-refractivity contribution in [2.75, 3.05) is 0 Å². The summed E-state index contributed by atoms with van der Waals surface area (Å²) in [5, 5.41) is 1.22. The molecule has 0 N–H and O–H groups in total. The van der Waals surface area contributed by atoms with E-state index >= 15 is 0 Å². The Balaban J connectivity index is 2.81. The van der Waals surface area contributed by atoms with Gasteiger partial charge in [-0.2, -0.15) is 0 Å². The van der Waals surface area contributed by atoms with Crippen LogP contribution in [0.2, 0.25) is 0 Å². The fraction of sp³-hybridized carbons (Fsp3) is 0.100. The van der Waals surface area contributed by atoms with E-state index in [1.807, 2.05) is 25.2 Å². The van der Waals surface area contributed by atoms with Gasteiger partial charge in [0, 0.05) is 29.2 Å². The number of nitrogens with zero attached hydrogens (tertiary/aromatic N) is 1. The molecule has 0 atom stereocenters. The van der Waals surface area contributed by atoms with E-state index in [1.54, 1.807) is 6.08 Å². The van der Waals surface area contributed by atoms with E-state index in [0.717, 1.165) is 16.8 Å². The van der Waals surface area contributed by atoms with E-state index in [1.165, 1.54) is 16.5 Å². The topological polar surface area (TPSA) is 4.93 Å². The van der Waals surface area contributed by atoms with Crippen LogP contribution in [0, 0.1) is 0 Å². The van der Waals surface area contributed by atoms with Gasteiger partial charge in [0.25, 0.3) is 0 Å². The smallest absolute Gasteiger partial charge is 0.0489 e. The molecule has 1 aromatic carbocycles. The Bertz CT molecular complexity index is 767. The van der Waals surface area contributed by atoms with Crippen molar-refractivity contribution in [2.24, 2.45) is 7.05 Å². The van der Waals surface area contributed by atoms with Crippen molar-refractivity contribution in [2.45, 2.75) is 6.92 Å². The fourth-order valence-electron chi connectivity index (χ4n) is 2.67. The predicted octanol–water partition coefficient (Wildman–Crippen LogP) is 5.61. The molecule has 0 amide bonds. The molecule has 0 saturated carbocycles. The van der Waals surface area contributed by atoms with Gasteiger partial charge in [-0.3, -0.25) is 0 Å². The molecule has 0 saturated heterocycles. The quantitative estimate of drug-likeness (QED) is 0.625. The molecule has 0 aliphatic heterocycles. The van der Waals surface area contributed by atoms with Gasteiger partial charge in [-0.25, -0.2) is 0 Å². The van der Waals surface area contributed by atoms with Gasteiger partial charge in [0.1, 0.15) is 0 Å². The first-order valence-electron chi connectivity index (χ1n) is 7.01. The zero-order chi connectivity index (χ0) is 15.4. The van der Waals surface area contributed by atoms with E-state index in [2.05, 4.69) is 61.7 Å². The summed E-state index contributed by atoms with van der Waals surface area (Å²) >= 11 is 0. The van der Waals surface area contributed by atoms with Crippen LogP contribution in [0.15, 0.2) is 62.2 Å². The Kier molecular flexibility index (Phi) is 4.44. The summed E-state index contributed by atoms with van der Waals surface area (Å²) < 4.78 is 2.17. The number of hydrogen-bond donors (Lipinski definition) is 0.